The molecule has 0 aliphatic rings. The standard InChI is InChI=1S/C15H14N2O2/c1-10-6-8-12(9-7-10)14(18)15(19)17-13-5-3-4-11(2)16-13/h3-9H,1-2H3,(H,16,17,19). The summed E-state index contributed by atoms with van der Waals surface area (Å²) in [6.45, 7) is 3.74. The van der Waals surface area contributed by atoms with Crippen molar-refractivity contribution in [1.82, 2.24) is 4.98 Å². The summed E-state index contributed by atoms with van der Waals surface area (Å²) >= 11 is 0. The van der Waals surface area contributed by atoms with Crippen LogP contribution in [0.2, 0.25) is 0 Å². The Bertz CT molecular complexity index is 618. The van der Waals surface area contributed by atoms with Crippen LogP contribution >= 0.6 is 0 Å². The predicted octanol–water partition coefficient (Wildman–Crippen LogP) is 2.52. The summed E-state index contributed by atoms with van der Waals surface area (Å²) in [5.74, 6) is -0.865. The number of hydrogen-bond acceptors (Lipinski definition) is 3. The van der Waals surface area contributed by atoms with Gasteiger partial charge >= 0.3 is 0 Å². The molecule has 19 heavy (non-hydrogen) atoms. The molecule has 1 aromatic carbocycles. The molecule has 0 atom stereocenters. The molecule has 4 nitrogen and oxygen atoms in total. The first-order chi connectivity index (χ1) is 9.06. The Kier molecular flexibility index (Phi) is 3.71. The Balaban J connectivity index is 2.12. The van der Waals surface area contributed by atoms with Crippen LogP contribution in [0.1, 0.15) is 21.6 Å². The maximum absolute atomic E-state index is 11.9. The summed E-state index contributed by atoms with van der Waals surface area (Å²) < 4.78 is 0. The van der Waals surface area contributed by atoms with Gasteiger partial charge in [-0.2, -0.15) is 0 Å². The number of aromatic nitrogens is 1. The van der Waals surface area contributed by atoms with Crippen LogP contribution < -0.4 is 5.32 Å². The molecule has 0 fully saturated rings. The van der Waals surface area contributed by atoms with E-state index >= 15 is 0 Å². The van der Waals surface area contributed by atoms with E-state index in [9.17, 15) is 9.59 Å². The molecule has 96 valence electrons. The van der Waals surface area contributed by atoms with Crippen LogP contribution in [0.3, 0.4) is 0 Å². The molecule has 4 heteroatoms. The molecule has 0 unspecified atom stereocenters. The van der Waals surface area contributed by atoms with Gasteiger partial charge in [0.05, 0.1) is 0 Å². The lowest BCUT2D eigenvalue weighted by atomic mass is 10.1. The van der Waals surface area contributed by atoms with Crippen LogP contribution in [-0.4, -0.2) is 16.7 Å². The van der Waals surface area contributed by atoms with Crippen molar-refractivity contribution < 1.29 is 9.59 Å². The van der Waals surface area contributed by atoms with Gasteiger partial charge in [0.15, 0.2) is 0 Å². The quantitative estimate of drug-likeness (QED) is 0.676. The van der Waals surface area contributed by atoms with Crippen molar-refractivity contribution in [2.45, 2.75) is 13.8 Å². The van der Waals surface area contributed by atoms with Crippen LogP contribution in [0.4, 0.5) is 5.82 Å². The van der Waals surface area contributed by atoms with Crippen LogP contribution in [0.5, 0.6) is 0 Å². The van der Waals surface area contributed by atoms with E-state index in [2.05, 4.69) is 10.3 Å². The molecule has 2 rings (SSSR count). The molecule has 0 saturated heterocycles. The van der Waals surface area contributed by atoms with Gasteiger partial charge in [-0.1, -0.05) is 35.9 Å². The number of hydrogen-bond donors (Lipinski definition) is 1. The Hall–Kier alpha value is -2.49. The number of amides is 1. The zero-order valence-electron chi connectivity index (χ0n) is 10.8. The Morgan fingerprint density at radius 3 is 2.32 bits per heavy atom. The smallest absolute Gasteiger partial charge is 0.297 e. The number of ketones is 1. The number of anilines is 1. The van der Waals surface area contributed by atoms with E-state index in [1.165, 1.54) is 0 Å². The number of pyridine rings is 1. The van der Waals surface area contributed by atoms with Crippen LogP contribution in [-0.2, 0) is 4.79 Å². The van der Waals surface area contributed by atoms with Crippen molar-refractivity contribution in [1.29, 1.82) is 0 Å². The second-order valence-electron chi connectivity index (χ2n) is 4.31. The molecule has 1 heterocycles. The van der Waals surface area contributed by atoms with Gasteiger partial charge in [0.1, 0.15) is 5.82 Å². The SMILES string of the molecule is Cc1ccc(C(=O)C(=O)Nc2cccc(C)n2)cc1. The van der Waals surface area contributed by atoms with Crippen molar-refractivity contribution in [3.05, 3.63) is 59.3 Å². The van der Waals surface area contributed by atoms with Crippen LogP contribution in [0.25, 0.3) is 0 Å². The fourth-order valence-corrected chi connectivity index (χ4v) is 1.62. The first-order valence-electron chi connectivity index (χ1n) is 5.92. The summed E-state index contributed by atoms with van der Waals surface area (Å²) in [4.78, 5) is 27.8. The maximum Gasteiger partial charge on any atom is 0.297 e. The van der Waals surface area contributed by atoms with E-state index in [1.54, 1.807) is 36.4 Å². The third-order valence-corrected chi connectivity index (χ3v) is 2.65. The minimum absolute atomic E-state index is 0.371. The third-order valence-electron chi connectivity index (χ3n) is 2.65. The van der Waals surface area contributed by atoms with Crippen molar-refractivity contribution >= 4 is 17.5 Å². The number of Topliss-reactive ketones (excluding diaryl/α,β-unsaturated/α-hetero) is 1. The number of carbonyl (C=O) groups is 2. The van der Waals surface area contributed by atoms with Crippen molar-refractivity contribution in [3.8, 4) is 0 Å². The average molecular weight is 254 g/mol. The minimum atomic E-state index is -0.679. The molecule has 0 bridgehead atoms. The van der Waals surface area contributed by atoms with Gasteiger partial charge in [-0.25, -0.2) is 4.98 Å². The molecule has 0 radical (unpaired) electrons. The molecular weight excluding hydrogens is 240 g/mol. The minimum Gasteiger partial charge on any atom is -0.304 e. The van der Waals surface area contributed by atoms with Gasteiger partial charge < -0.3 is 5.32 Å². The second-order valence-corrected chi connectivity index (χ2v) is 4.31. The van der Waals surface area contributed by atoms with Gasteiger partial charge in [-0.15, -0.1) is 0 Å². The van der Waals surface area contributed by atoms with E-state index in [0.29, 0.717) is 11.4 Å². The lowest BCUT2D eigenvalue weighted by Crippen LogP contribution is -2.23. The molecule has 1 N–H and O–H groups in total. The maximum atomic E-state index is 11.9. The summed E-state index contributed by atoms with van der Waals surface area (Å²) in [5.41, 5.74) is 2.19. The van der Waals surface area contributed by atoms with Crippen molar-refractivity contribution in [3.63, 3.8) is 0 Å². The lowest BCUT2D eigenvalue weighted by Gasteiger charge is -2.04. The number of carbonyl (C=O) groups excluding carboxylic acids is 2. The van der Waals surface area contributed by atoms with Gasteiger partial charge in [0.2, 0.25) is 0 Å². The molecule has 1 amide bonds. The molecule has 0 aliphatic carbocycles. The van der Waals surface area contributed by atoms with Gasteiger partial charge in [0, 0.05) is 11.3 Å². The van der Waals surface area contributed by atoms with Gasteiger partial charge in [0.25, 0.3) is 11.7 Å². The van der Waals surface area contributed by atoms with E-state index in [-0.39, 0.29) is 0 Å². The lowest BCUT2D eigenvalue weighted by molar-refractivity contribution is -0.112. The number of nitrogens with one attached hydrogen (secondary N) is 1. The fraction of sp³-hybridized carbons (Fsp3) is 0.133. The Labute approximate surface area is 111 Å². The third kappa shape index (κ3) is 3.25. The molecular formula is C15H14N2O2. The predicted molar refractivity (Wildman–Crippen MR) is 73.1 cm³/mol. The Morgan fingerprint density at radius 1 is 1.00 bits per heavy atom. The highest BCUT2D eigenvalue weighted by atomic mass is 16.2. The summed E-state index contributed by atoms with van der Waals surface area (Å²) in [6, 6.07) is 12.1. The van der Waals surface area contributed by atoms with E-state index in [0.717, 1.165) is 11.3 Å². The monoisotopic (exact) mass is 254 g/mol. The highest BCUT2D eigenvalue weighted by Gasteiger charge is 2.16. The van der Waals surface area contributed by atoms with Gasteiger partial charge in [-0.3, -0.25) is 9.59 Å². The molecule has 1 aromatic heterocycles. The Morgan fingerprint density at radius 2 is 1.68 bits per heavy atom. The number of nitrogens with zero attached hydrogens (tertiary/aromatic N) is 1. The summed E-state index contributed by atoms with van der Waals surface area (Å²) in [5, 5.41) is 2.50. The van der Waals surface area contributed by atoms with E-state index < -0.39 is 11.7 Å². The fourth-order valence-electron chi connectivity index (χ4n) is 1.62. The normalized spacial score (nSPS) is 10.0. The summed E-state index contributed by atoms with van der Waals surface area (Å²) in [6.07, 6.45) is 0. The second kappa shape index (κ2) is 5.44. The summed E-state index contributed by atoms with van der Waals surface area (Å²) in [7, 11) is 0. The van der Waals surface area contributed by atoms with Crippen LogP contribution in [0.15, 0.2) is 42.5 Å². The number of benzene rings is 1. The molecule has 0 aliphatic heterocycles. The van der Waals surface area contributed by atoms with Crippen LogP contribution in [0, 0.1) is 13.8 Å². The first-order valence-corrected chi connectivity index (χ1v) is 5.92. The zero-order valence-corrected chi connectivity index (χ0v) is 10.8. The topological polar surface area (TPSA) is 59.1 Å². The average Bonchev–Trinajstić information content (AvgIpc) is 2.39. The molecule has 2 aromatic rings. The molecule has 0 saturated carbocycles. The highest BCUT2D eigenvalue weighted by Crippen LogP contribution is 2.07. The molecule has 0 spiro atoms. The van der Waals surface area contributed by atoms with Gasteiger partial charge in [-0.05, 0) is 26.0 Å². The number of aryl methyl sites for hydroxylation is 2. The highest BCUT2D eigenvalue weighted by molar-refractivity contribution is 6.46. The number of rotatable bonds is 3. The van der Waals surface area contributed by atoms with Crippen molar-refractivity contribution in [2.24, 2.45) is 0 Å². The largest absolute Gasteiger partial charge is 0.304 e. The van der Waals surface area contributed by atoms with Crippen molar-refractivity contribution in [2.75, 3.05) is 5.32 Å². The zero-order chi connectivity index (χ0) is 13.8. The van der Waals surface area contributed by atoms with E-state index in [4.69, 9.17) is 0 Å². The first kappa shape index (κ1) is 13.0. The van der Waals surface area contributed by atoms with E-state index in [1.807, 2.05) is 19.9 Å².